The Morgan fingerprint density at radius 2 is 1.53 bits per heavy atom. The molecule has 0 aromatic carbocycles. The van der Waals surface area contributed by atoms with E-state index in [4.69, 9.17) is 25.5 Å². The molecule has 19 heavy (non-hydrogen) atoms. The van der Waals surface area contributed by atoms with Crippen LogP contribution in [0.3, 0.4) is 0 Å². The van der Waals surface area contributed by atoms with E-state index in [9.17, 15) is 9.59 Å². The number of aliphatic hydroxyl groups excluding tert-OH is 4. The van der Waals surface area contributed by atoms with Crippen LogP contribution in [0, 0.1) is 0 Å². The van der Waals surface area contributed by atoms with Gasteiger partial charge in [-0.1, -0.05) is 0 Å². The number of aliphatic carboxylic acids is 1. The molecule has 8 heteroatoms. The van der Waals surface area contributed by atoms with E-state index in [1.54, 1.807) is 0 Å². The number of carboxylic acid groups (broad SMARTS) is 1. The average molecular weight is 282 g/mol. The van der Waals surface area contributed by atoms with Gasteiger partial charge in [0.1, 0.15) is 12.7 Å². The van der Waals surface area contributed by atoms with Crippen LogP contribution in [0.25, 0.3) is 0 Å². The van der Waals surface area contributed by atoms with Crippen LogP contribution in [-0.4, -0.2) is 69.0 Å². The Hall–Kier alpha value is -1.22. The zero-order valence-electron chi connectivity index (χ0n) is 11.0. The molecule has 0 fully saturated rings. The molecule has 0 heterocycles. The molecule has 0 spiro atoms. The molecule has 0 saturated carbocycles. The van der Waals surface area contributed by atoms with Gasteiger partial charge in [-0.25, -0.2) is 0 Å². The first-order valence-electron chi connectivity index (χ1n) is 5.71. The van der Waals surface area contributed by atoms with Crippen LogP contribution in [-0.2, 0) is 14.3 Å². The molecule has 0 aromatic heterocycles. The highest BCUT2D eigenvalue weighted by atomic mass is 16.5. The van der Waals surface area contributed by atoms with E-state index in [1.807, 2.05) is 0 Å². The van der Waals surface area contributed by atoms with Crippen molar-refractivity contribution in [3.05, 3.63) is 0 Å². The Kier molecular flexibility index (Phi) is 12.5. The van der Waals surface area contributed by atoms with Crippen molar-refractivity contribution in [2.45, 2.75) is 45.0 Å². The van der Waals surface area contributed by atoms with Gasteiger partial charge in [0.25, 0.3) is 0 Å². The van der Waals surface area contributed by atoms with Gasteiger partial charge in [-0.05, 0) is 13.8 Å². The zero-order chi connectivity index (χ0) is 15.4. The number of hydrogen-bond donors (Lipinski definition) is 5. The quantitative estimate of drug-likeness (QED) is 0.355. The third kappa shape index (κ3) is 19.3. The minimum atomic E-state index is -1.04. The van der Waals surface area contributed by atoms with Crippen molar-refractivity contribution in [1.29, 1.82) is 0 Å². The van der Waals surface area contributed by atoms with Crippen LogP contribution in [0.15, 0.2) is 0 Å². The topological polar surface area (TPSA) is 145 Å². The normalized spacial score (nSPS) is 14.6. The molecule has 114 valence electrons. The van der Waals surface area contributed by atoms with Crippen molar-refractivity contribution in [2.75, 3.05) is 13.2 Å². The predicted octanol–water partition coefficient (Wildman–Crippen LogP) is -1.50. The Balaban J connectivity index is 0. The van der Waals surface area contributed by atoms with Crippen molar-refractivity contribution in [1.82, 2.24) is 0 Å². The van der Waals surface area contributed by atoms with Crippen LogP contribution < -0.4 is 0 Å². The zero-order valence-corrected chi connectivity index (χ0v) is 11.0. The number of esters is 1. The van der Waals surface area contributed by atoms with Gasteiger partial charge in [0.05, 0.1) is 31.7 Å². The van der Waals surface area contributed by atoms with Gasteiger partial charge in [0.15, 0.2) is 0 Å². The van der Waals surface area contributed by atoms with Crippen LogP contribution >= 0.6 is 0 Å². The fourth-order valence-corrected chi connectivity index (χ4v) is 0.795. The van der Waals surface area contributed by atoms with E-state index >= 15 is 0 Å². The third-order valence-corrected chi connectivity index (χ3v) is 1.58. The number of carbonyl (C=O) groups excluding carboxylic acids is 1. The number of aliphatic hydroxyl groups is 4. The number of ether oxygens (including phenoxy) is 1. The second kappa shape index (κ2) is 11.8. The van der Waals surface area contributed by atoms with Gasteiger partial charge < -0.3 is 30.3 Å². The largest absolute Gasteiger partial charge is 0.481 e. The summed E-state index contributed by atoms with van der Waals surface area (Å²) in [6.07, 6.45) is -2.78. The summed E-state index contributed by atoms with van der Waals surface area (Å²) in [7, 11) is 0. The molecule has 5 N–H and O–H groups in total. The van der Waals surface area contributed by atoms with Crippen molar-refractivity contribution >= 4 is 11.9 Å². The molecule has 0 bridgehead atoms. The maximum absolute atomic E-state index is 10.7. The van der Waals surface area contributed by atoms with Crippen molar-refractivity contribution < 1.29 is 39.9 Å². The van der Waals surface area contributed by atoms with Gasteiger partial charge in [-0.15, -0.1) is 0 Å². The summed E-state index contributed by atoms with van der Waals surface area (Å²) in [5, 5.41) is 42.1. The SMILES string of the molecule is CC(O)CC(=O)O.CC(O)CC(=O)OCC(O)CO. The molecular formula is C11H22O8. The number of hydrogen-bond acceptors (Lipinski definition) is 7. The average Bonchev–Trinajstić information content (AvgIpc) is 2.23. The Bertz CT molecular complexity index is 251. The van der Waals surface area contributed by atoms with E-state index in [-0.39, 0.29) is 19.4 Å². The maximum Gasteiger partial charge on any atom is 0.308 e. The summed E-state index contributed by atoms with van der Waals surface area (Å²) in [4.78, 5) is 20.3. The lowest BCUT2D eigenvalue weighted by Crippen LogP contribution is -2.23. The van der Waals surface area contributed by atoms with E-state index in [0.717, 1.165) is 0 Å². The molecule has 0 aliphatic carbocycles. The number of rotatable bonds is 7. The Morgan fingerprint density at radius 3 is 1.79 bits per heavy atom. The fourth-order valence-electron chi connectivity index (χ4n) is 0.795. The monoisotopic (exact) mass is 282 g/mol. The van der Waals surface area contributed by atoms with Gasteiger partial charge in [0.2, 0.25) is 0 Å². The van der Waals surface area contributed by atoms with Crippen molar-refractivity contribution in [3.63, 3.8) is 0 Å². The summed E-state index contributed by atoms with van der Waals surface area (Å²) in [5.41, 5.74) is 0. The first-order chi connectivity index (χ1) is 8.68. The van der Waals surface area contributed by atoms with Crippen molar-refractivity contribution in [2.24, 2.45) is 0 Å². The molecule has 0 aliphatic heterocycles. The minimum Gasteiger partial charge on any atom is -0.481 e. The Morgan fingerprint density at radius 1 is 1.05 bits per heavy atom. The molecule has 0 saturated heterocycles. The Labute approximate surface area is 111 Å². The molecule has 8 nitrogen and oxygen atoms in total. The van der Waals surface area contributed by atoms with Gasteiger partial charge >= 0.3 is 11.9 Å². The number of carboxylic acids is 1. The van der Waals surface area contributed by atoms with E-state index in [2.05, 4.69) is 4.74 Å². The molecule has 3 atom stereocenters. The van der Waals surface area contributed by atoms with E-state index in [1.165, 1.54) is 13.8 Å². The highest BCUT2D eigenvalue weighted by Crippen LogP contribution is 1.94. The molecule has 0 radical (unpaired) electrons. The molecule has 0 amide bonds. The van der Waals surface area contributed by atoms with Gasteiger partial charge in [-0.2, -0.15) is 0 Å². The van der Waals surface area contributed by atoms with E-state index < -0.39 is 36.9 Å². The maximum atomic E-state index is 10.7. The predicted molar refractivity (Wildman–Crippen MR) is 64.3 cm³/mol. The van der Waals surface area contributed by atoms with Gasteiger partial charge in [0, 0.05) is 0 Å². The van der Waals surface area contributed by atoms with E-state index in [0.29, 0.717) is 0 Å². The summed E-state index contributed by atoms with van der Waals surface area (Å²) in [6.45, 7) is 2.22. The lowest BCUT2D eigenvalue weighted by Gasteiger charge is -2.08. The lowest BCUT2D eigenvalue weighted by molar-refractivity contribution is -0.149. The summed E-state index contributed by atoms with van der Waals surface area (Å²) in [5.74, 6) is -1.55. The fraction of sp³-hybridized carbons (Fsp3) is 0.818. The summed E-state index contributed by atoms with van der Waals surface area (Å²) in [6, 6.07) is 0. The lowest BCUT2D eigenvalue weighted by atomic mass is 10.3. The molecule has 0 rings (SSSR count). The second-order valence-electron chi connectivity index (χ2n) is 4.02. The number of carbonyl (C=O) groups is 2. The molecule has 0 aromatic rings. The smallest absolute Gasteiger partial charge is 0.308 e. The van der Waals surface area contributed by atoms with Crippen LogP contribution in [0.2, 0.25) is 0 Å². The standard InChI is InChI=1S/C7H14O5.C4H8O3/c1-5(9)2-7(11)12-4-6(10)3-8;1-3(5)2-4(6)7/h5-6,8-10H,2-4H2,1H3;3,5H,2H2,1H3,(H,6,7). The summed E-state index contributed by atoms with van der Waals surface area (Å²) >= 11 is 0. The van der Waals surface area contributed by atoms with Crippen LogP contribution in [0.4, 0.5) is 0 Å². The molecular weight excluding hydrogens is 260 g/mol. The first kappa shape index (κ1) is 20.1. The third-order valence-electron chi connectivity index (χ3n) is 1.58. The molecule has 0 aliphatic rings. The van der Waals surface area contributed by atoms with Crippen LogP contribution in [0.5, 0.6) is 0 Å². The van der Waals surface area contributed by atoms with Crippen molar-refractivity contribution in [3.8, 4) is 0 Å². The first-order valence-corrected chi connectivity index (χ1v) is 5.71. The van der Waals surface area contributed by atoms with Crippen LogP contribution in [0.1, 0.15) is 26.7 Å². The highest BCUT2D eigenvalue weighted by Gasteiger charge is 2.09. The highest BCUT2D eigenvalue weighted by molar-refractivity contribution is 5.69. The summed E-state index contributed by atoms with van der Waals surface area (Å²) < 4.78 is 4.50. The van der Waals surface area contributed by atoms with Gasteiger partial charge in [-0.3, -0.25) is 9.59 Å². The minimum absolute atomic E-state index is 0.0991. The molecule has 3 unspecified atom stereocenters. The second-order valence-corrected chi connectivity index (χ2v) is 4.02.